The lowest BCUT2D eigenvalue weighted by atomic mass is 10.1. The van der Waals surface area contributed by atoms with Crippen LogP contribution in [0, 0.1) is 18.6 Å². The van der Waals surface area contributed by atoms with Crippen molar-refractivity contribution in [3.63, 3.8) is 0 Å². The molecule has 0 saturated heterocycles. The van der Waals surface area contributed by atoms with Crippen LogP contribution in [0.25, 0.3) is 0 Å². The molecule has 3 rings (SSSR count). The Bertz CT molecular complexity index is 655. The third-order valence-corrected chi connectivity index (χ3v) is 4.33. The Morgan fingerprint density at radius 3 is 2.55 bits per heavy atom. The molecule has 0 radical (unpaired) electrons. The highest BCUT2D eigenvalue weighted by Gasteiger charge is 2.21. The molecule has 1 heterocycles. The lowest BCUT2D eigenvalue weighted by Crippen LogP contribution is -1.99. The topological polar surface area (TPSA) is 12.5 Å². The van der Waals surface area contributed by atoms with Gasteiger partial charge in [-0.2, -0.15) is 0 Å². The largest absolute Gasteiger partial charge is 0.457 e. The summed E-state index contributed by atoms with van der Waals surface area (Å²) >= 11 is 1.65. The van der Waals surface area contributed by atoms with Crippen LogP contribution in [0.2, 0.25) is 0 Å². The molecule has 1 aliphatic heterocycles. The second kappa shape index (κ2) is 5.07. The Morgan fingerprint density at radius 1 is 1.15 bits per heavy atom. The van der Waals surface area contributed by atoms with Crippen molar-refractivity contribution >= 4 is 11.9 Å². The van der Waals surface area contributed by atoms with Gasteiger partial charge in [0.1, 0.15) is 23.1 Å². The van der Waals surface area contributed by atoms with Gasteiger partial charge in [0.05, 0.1) is 0 Å². The van der Waals surface area contributed by atoms with Crippen LogP contribution in [-0.2, 0) is 6.54 Å². The van der Waals surface area contributed by atoms with Crippen molar-refractivity contribution in [1.82, 2.24) is 4.31 Å². The molecule has 2 nitrogen and oxygen atoms in total. The normalized spacial score (nSPS) is 14.4. The molecule has 0 bridgehead atoms. The summed E-state index contributed by atoms with van der Waals surface area (Å²) in [6.45, 7) is 2.84. The number of rotatable bonds is 2. The van der Waals surface area contributed by atoms with Crippen molar-refractivity contribution < 1.29 is 13.5 Å². The SMILES string of the molecule is Cc1c(Oc2cc(F)cc(F)c2)ccc2c1SN(C)C2. The van der Waals surface area contributed by atoms with E-state index in [0.29, 0.717) is 5.75 Å². The van der Waals surface area contributed by atoms with Crippen molar-refractivity contribution in [2.24, 2.45) is 0 Å². The Hall–Kier alpha value is -1.59. The van der Waals surface area contributed by atoms with E-state index in [2.05, 4.69) is 4.31 Å². The number of fused-ring (bicyclic) bond motifs is 1. The number of hydrogen-bond donors (Lipinski definition) is 0. The first kappa shape index (κ1) is 13.4. The molecule has 0 amide bonds. The van der Waals surface area contributed by atoms with Gasteiger partial charge < -0.3 is 4.74 Å². The van der Waals surface area contributed by atoms with E-state index in [1.165, 1.54) is 17.7 Å². The predicted molar refractivity (Wildman–Crippen MR) is 74.9 cm³/mol. The summed E-state index contributed by atoms with van der Waals surface area (Å²) < 4.78 is 34.1. The van der Waals surface area contributed by atoms with Crippen LogP contribution in [0.3, 0.4) is 0 Å². The van der Waals surface area contributed by atoms with Crippen LogP contribution >= 0.6 is 11.9 Å². The average Bonchev–Trinajstić information content (AvgIpc) is 2.73. The monoisotopic (exact) mass is 293 g/mol. The minimum Gasteiger partial charge on any atom is -0.457 e. The van der Waals surface area contributed by atoms with E-state index < -0.39 is 11.6 Å². The lowest BCUT2D eigenvalue weighted by Gasteiger charge is -2.11. The second-order valence-electron chi connectivity index (χ2n) is 4.76. The Labute approximate surface area is 120 Å². The molecule has 2 aromatic rings. The molecule has 0 unspecified atom stereocenters. The maximum absolute atomic E-state index is 13.2. The van der Waals surface area contributed by atoms with Gasteiger partial charge in [-0.15, -0.1) is 0 Å². The highest BCUT2D eigenvalue weighted by molar-refractivity contribution is 7.97. The first-order valence-electron chi connectivity index (χ1n) is 6.18. The van der Waals surface area contributed by atoms with Gasteiger partial charge in [0.15, 0.2) is 0 Å². The summed E-state index contributed by atoms with van der Waals surface area (Å²) in [4.78, 5) is 1.15. The van der Waals surface area contributed by atoms with Crippen LogP contribution in [0.1, 0.15) is 11.1 Å². The molecular formula is C15H13F2NOS. The van der Waals surface area contributed by atoms with Gasteiger partial charge >= 0.3 is 0 Å². The summed E-state index contributed by atoms with van der Waals surface area (Å²) in [7, 11) is 2.02. The Balaban J connectivity index is 1.94. The van der Waals surface area contributed by atoms with Crippen molar-refractivity contribution in [3.8, 4) is 11.5 Å². The quantitative estimate of drug-likeness (QED) is 0.755. The molecule has 0 spiro atoms. The second-order valence-corrected chi connectivity index (χ2v) is 5.98. The van der Waals surface area contributed by atoms with E-state index >= 15 is 0 Å². The number of hydrogen-bond acceptors (Lipinski definition) is 3. The van der Waals surface area contributed by atoms with Gasteiger partial charge in [-0.25, -0.2) is 13.1 Å². The Morgan fingerprint density at radius 2 is 1.85 bits per heavy atom. The smallest absolute Gasteiger partial charge is 0.133 e. The summed E-state index contributed by atoms with van der Waals surface area (Å²) in [5.41, 5.74) is 2.23. The maximum atomic E-state index is 13.2. The summed E-state index contributed by atoms with van der Waals surface area (Å²) in [5, 5.41) is 0. The highest BCUT2D eigenvalue weighted by atomic mass is 32.2. The Kier molecular flexibility index (Phi) is 3.40. The van der Waals surface area contributed by atoms with Crippen LogP contribution in [0.15, 0.2) is 35.2 Å². The standard InChI is InChI=1S/C15H13F2NOS/c1-9-14(4-3-10-8-18(2)20-15(9)10)19-13-6-11(16)5-12(17)7-13/h3-7H,8H2,1-2H3. The lowest BCUT2D eigenvalue weighted by molar-refractivity contribution is 0.463. The molecule has 0 aliphatic carbocycles. The number of ether oxygens (including phenoxy) is 1. The van der Waals surface area contributed by atoms with Crippen molar-refractivity contribution in [2.45, 2.75) is 18.4 Å². The minimum atomic E-state index is -0.645. The van der Waals surface area contributed by atoms with Gasteiger partial charge in [-0.1, -0.05) is 6.07 Å². The highest BCUT2D eigenvalue weighted by Crippen LogP contribution is 2.41. The third kappa shape index (κ3) is 2.51. The van der Waals surface area contributed by atoms with E-state index in [1.807, 2.05) is 26.1 Å². The van der Waals surface area contributed by atoms with E-state index in [1.54, 1.807) is 11.9 Å². The zero-order valence-electron chi connectivity index (χ0n) is 11.1. The van der Waals surface area contributed by atoms with Gasteiger partial charge in [-0.3, -0.25) is 0 Å². The zero-order valence-corrected chi connectivity index (χ0v) is 11.9. The number of nitrogens with zero attached hydrogens (tertiary/aromatic N) is 1. The molecular weight excluding hydrogens is 280 g/mol. The van der Waals surface area contributed by atoms with Crippen LogP contribution < -0.4 is 4.74 Å². The van der Waals surface area contributed by atoms with Crippen molar-refractivity contribution in [1.29, 1.82) is 0 Å². The fraction of sp³-hybridized carbons (Fsp3) is 0.200. The fourth-order valence-corrected chi connectivity index (χ4v) is 3.24. The average molecular weight is 293 g/mol. The van der Waals surface area contributed by atoms with Gasteiger partial charge in [0, 0.05) is 35.2 Å². The van der Waals surface area contributed by atoms with Crippen LogP contribution in [0.5, 0.6) is 11.5 Å². The number of halogens is 2. The van der Waals surface area contributed by atoms with E-state index in [-0.39, 0.29) is 5.75 Å². The van der Waals surface area contributed by atoms with Crippen LogP contribution in [0.4, 0.5) is 8.78 Å². The molecule has 5 heteroatoms. The molecule has 20 heavy (non-hydrogen) atoms. The third-order valence-electron chi connectivity index (χ3n) is 3.14. The first-order valence-corrected chi connectivity index (χ1v) is 6.96. The summed E-state index contributed by atoms with van der Waals surface area (Å²) in [6.07, 6.45) is 0. The van der Waals surface area contributed by atoms with E-state index in [0.717, 1.165) is 23.1 Å². The fourth-order valence-electron chi connectivity index (χ4n) is 2.23. The predicted octanol–water partition coefficient (Wildman–Crippen LogP) is 4.52. The molecule has 0 fully saturated rings. The molecule has 1 aliphatic rings. The number of benzene rings is 2. The first-order chi connectivity index (χ1) is 9.52. The maximum Gasteiger partial charge on any atom is 0.133 e. The van der Waals surface area contributed by atoms with Crippen molar-refractivity contribution in [2.75, 3.05) is 7.05 Å². The van der Waals surface area contributed by atoms with Gasteiger partial charge in [0.2, 0.25) is 0 Å². The van der Waals surface area contributed by atoms with Crippen molar-refractivity contribution in [3.05, 3.63) is 53.1 Å². The molecule has 0 atom stereocenters. The van der Waals surface area contributed by atoms with Gasteiger partial charge in [0.25, 0.3) is 0 Å². The molecule has 2 aromatic carbocycles. The zero-order chi connectivity index (χ0) is 14.3. The minimum absolute atomic E-state index is 0.168. The molecule has 0 aromatic heterocycles. The molecule has 0 N–H and O–H groups in total. The van der Waals surface area contributed by atoms with Gasteiger partial charge in [-0.05, 0) is 37.5 Å². The molecule has 0 saturated carbocycles. The van der Waals surface area contributed by atoms with E-state index in [9.17, 15) is 8.78 Å². The van der Waals surface area contributed by atoms with Crippen LogP contribution in [-0.4, -0.2) is 11.4 Å². The summed E-state index contributed by atoms with van der Waals surface area (Å²) in [5.74, 6) is -0.501. The molecule has 104 valence electrons. The van der Waals surface area contributed by atoms with E-state index in [4.69, 9.17) is 4.74 Å². The summed E-state index contributed by atoms with van der Waals surface area (Å²) in [6, 6.07) is 7.01.